The molecule has 0 heterocycles. The normalized spacial score (nSPS) is 11.9. The Bertz CT molecular complexity index is 818. The molecule has 2 aromatic rings. The van der Waals surface area contributed by atoms with Crippen LogP contribution < -0.4 is 14.2 Å². The third-order valence-corrected chi connectivity index (χ3v) is 4.53. The minimum atomic E-state index is -4.49. The standard InChI is InChI=1S/C15H14F3NO4S/c1-22-12-7-8-13(23-2)14(9-12)24(20,21)19-11-5-3-10(4-6-11)15(16,17)18/h3-9,19H,1-2H3. The third-order valence-electron chi connectivity index (χ3n) is 3.12. The molecule has 2 aromatic carbocycles. The number of sulfonamides is 1. The van der Waals surface area contributed by atoms with E-state index in [1.165, 1.54) is 32.4 Å². The number of benzene rings is 2. The first kappa shape index (κ1) is 17.9. The van der Waals surface area contributed by atoms with Crippen LogP contribution in [0.4, 0.5) is 18.9 Å². The lowest BCUT2D eigenvalue weighted by Crippen LogP contribution is -2.14. The van der Waals surface area contributed by atoms with Crippen LogP contribution in [0, 0.1) is 0 Å². The lowest BCUT2D eigenvalue weighted by molar-refractivity contribution is -0.137. The van der Waals surface area contributed by atoms with Crippen LogP contribution in [0.15, 0.2) is 47.4 Å². The van der Waals surface area contributed by atoms with E-state index in [1.54, 1.807) is 0 Å². The molecule has 0 aliphatic rings. The van der Waals surface area contributed by atoms with Crippen molar-refractivity contribution in [2.75, 3.05) is 18.9 Å². The highest BCUT2D eigenvalue weighted by Gasteiger charge is 2.30. The minimum absolute atomic E-state index is 0.00660. The van der Waals surface area contributed by atoms with Gasteiger partial charge in [0, 0.05) is 11.8 Å². The van der Waals surface area contributed by atoms with E-state index in [-0.39, 0.29) is 16.3 Å². The van der Waals surface area contributed by atoms with Crippen LogP contribution in [0.1, 0.15) is 5.56 Å². The molecule has 0 aromatic heterocycles. The number of methoxy groups -OCH3 is 2. The number of nitrogens with one attached hydrogen (secondary N) is 1. The highest BCUT2D eigenvalue weighted by molar-refractivity contribution is 7.92. The van der Waals surface area contributed by atoms with Gasteiger partial charge < -0.3 is 9.47 Å². The van der Waals surface area contributed by atoms with Gasteiger partial charge >= 0.3 is 6.18 Å². The highest BCUT2D eigenvalue weighted by atomic mass is 32.2. The number of rotatable bonds is 5. The Morgan fingerprint density at radius 1 is 0.958 bits per heavy atom. The van der Waals surface area contributed by atoms with Gasteiger partial charge in [0.25, 0.3) is 10.0 Å². The topological polar surface area (TPSA) is 64.6 Å². The highest BCUT2D eigenvalue weighted by Crippen LogP contribution is 2.32. The molecular formula is C15H14F3NO4S. The molecule has 0 aliphatic heterocycles. The summed E-state index contributed by atoms with van der Waals surface area (Å²) in [5.41, 5.74) is -0.878. The first-order valence-electron chi connectivity index (χ1n) is 6.59. The van der Waals surface area contributed by atoms with Crippen molar-refractivity contribution in [3.8, 4) is 11.5 Å². The molecule has 0 radical (unpaired) electrons. The molecule has 0 bridgehead atoms. The van der Waals surface area contributed by atoms with E-state index in [0.29, 0.717) is 5.75 Å². The summed E-state index contributed by atoms with van der Waals surface area (Å²) in [6.07, 6.45) is -4.49. The summed E-state index contributed by atoms with van der Waals surface area (Å²) in [6, 6.07) is 7.85. The van der Waals surface area contributed by atoms with Gasteiger partial charge in [0.1, 0.15) is 16.4 Å². The Hall–Kier alpha value is -2.42. The minimum Gasteiger partial charge on any atom is -0.497 e. The van der Waals surface area contributed by atoms with Crippen LogP contribution in [0.25, 0.3) is 0 Å². The number of ether oxygens (including phenoxy) is 2. The molecule has 0 saturated carbocycles. The van der Waals surface area contributed by atoms with Gasteiger partial charge in [0.15, 0.2) is 0 Å². The van der Waals surface area contributed by atoms with Gasteiger partial charge in [-0.25, -0.2) is 8.42 Å². The van der Waals surface area contributed by atoms with Crippen molar-refractivity contribution < 1.29 is 31.1 Å². The summed E-state index contributed by atoms with van der Waals surface area (Å²) in [5, 5.41) is 0. The smallest absolute Gasteiger partial charge is 0.416 e. The Balaban J connectivity index is 2.35. The van der Waals surface area contributed by atoms with Crippen molar-refractivity contribution in [3.05, 3.63) is 48.0 Å². The van der Waals surface area contributed by atoms with Crippen LogP contribution >= 0.6 is 0 Å². The number of alkyl halides is 3. The number of halogens is 3. The average molecular weight is 361 g/mol. The molecule has 2 rings (SSSR count). The fourth-order valence-electron chi connectivity index (χ4n) is 1.93. The predicted molar refractivity (Wildman–Crippen MR) is 81.8 cm³/mol. The summed E-state index contributed by atoms with van der Waals surface area (Å²) in [4.78, 5) is -0.191. The second kappa shape index (κ2) is 6.60. The first-order valence-corrected chi connectivity index (χ1v) is 8.08. The van der Waals surface area contributed by atoms with Crippen molar-refractivity contribution >= 4 is 15.7 Å². The van der Waals surface area contributed by atoms with Crippen LogP contribution in [-0.2, 0) is 16.2 Å². The van der Waals surface area contributed by atoms with Crippen molar-refractivity contribution in [1.29, 1.82) is 0 Å². The quantitative estimate of drug-likeness (QED) is 0.885. The lowest BCUT2D eigenvalue weighted by Gasteiger charge is -2.13. The third kappa shape index (κ3) is 3.91. The Morgan fingerprint density at radius 3 is 2.08 bits per heavy atom. The number of hydrogen-bond donors (Lipinski definition) is 1. The van der Waals surface area contributed by atoms with E-state index in [9.17, 15) is 21.6 Å². The lowest BCUT2D eigenvalue weighted by atomic mass is 10.2. The van der Waals surface area contributed by atoms with Crippen LogP contribution in [0.3, 0.4) is 0 Å². The maximum Gasteiger partial charge on any atom is 0.416 e. The molecule has 24 heavy (non-hydrogen) atoms. The Morgan fingerprint density at radius 2 is 1.58 bits per heavy atom. The molecule has 130 valence electrons. The molecule has 0 fully saturated rings. The summed E-state index contributed by atoms with van der Waals surface area (Å²) in [5.74, 6) is 0.374. The molecule has 0 spiro atoms. The van der Waals surface area contributed by atoms with Gasteiger partial charge in [0.05, 0.1) is 19.8 Å². The van der Waals surface area contributed by atoms with Crippen molar-refractivity contribution in [1.82, 2.24) is 0 Å². The van der Waals surface area contributed by atoms with Gasteiger partial charge in [0.2, 0.25) is 0 Å². The second-order valence-corrected chi connectivity index (χ2v) is 6.35. The van der Waals surface area contributed by atoms with Crippen molar-refractivity contribution in [2.24, 2.45) is 0 Å². The van der Waals surface area contributed by atoms with Crippen LogP contribution in [0.2, 0.25) is 0 Å². The van der Waals surface area contributed by atoms with E-state index in [1.807, 2.05) is 0 Å². The van der Waals surface area contributed by atoms with Gasteiger partial charge in [-0.1, -0.05) is 0 Å². The van der Waals surface area contributed by atoms with Crippen molar-refractivity contribution in [2.45, 2.75) is 11.1 Å². The van der Waals surface area contributed by atoms with E-state index in [2.05, 4.69) is 4.72 Å². The summed E-state index contributed by atoms with van der Waals surface area (Å²) in [6.45, 7) is 0. The van der Waals surface area contributed by atoms with E-state index >= 15 is 0 Å². The van der Waals surface area contributed by atoms with E-state index < -0.39 is 21.8 Å². The fraction of sp³-hybridized carbons (Fsp3) is 0.200. The molecule has 0 saturated heterocycles. The van der Waals surface area contributed by atoms with Gasteiger partial charge in [-0.2, -0.15) is 13.2 Å². The molecule has 9 heteroatoms. The van der Waals surface area contributed by atoms with Crippen LogP contribution in [0.5, 0.6) is 11.5 Å². The molecule has 0 atom stereocenters. The van der Waals surface area contributed by atoms with Crippen LogP contribution in [-0.4, -0.2) is 22.6 Å². The first-order chi connectivity index (χ1) is 11.2. The monoisotopic (exact) mass is 361 g/mol. The molecule has 0 aliphatic carbocycles. The number of hydrogen-bond acceptors (Lipinski definition) is 4. The van der Waals surface area contributed by atoms with Gasteiger partial charge in [-0.05, 0) is 36.4 Å². The summed E-state index contributed by atoms with van der Waals surface area (Å²) < 4.78 is 74.7. The maximum atomic E-state index is 12.5. The molecule has 1 N–H and O–H groups in total. The average Bonchev–Trinajstić information content (AvgIpc) is 2.53. The Kier molecular flexibility index (Phi) is 4.93. The maximum absolute atomic E-state index is 12.5. The molecule has 5 nitrogen and oxygen atoms in total. The SMILES string of the molecule is COc1ccc(OC)c(S(=O)(=O)Nc2ccc(C(F)(F)F)cc2)c1. The van der Waals surface area contributed by atoms with Gasteiger partial charge in [-0.3, -0.25) is 4.72 Å². The zero-order chi connectivity index (χ0) is 18.0. The zero-order valence-corrected chi connectivity index (χ0v) is 13.5. The van der Waals surface area contributed by atoms with E-state index in [0.717, 1.165) is 24.3 Å². The second-order valence-electron chi connectivity index (χ2n) is 4.70. The zero-order valence-electron chi connectivity index (χ0n) is 12.7. The van der Waals surface area contributed by atoms with Gasteiger partial charge in [-0.15, -0.1) is 0 Å². The molecule has 0 unspecified atom stereocenters. The number of anilines is 1. The molecule has 0 amide bonds. The summed E-state index contributed by atoms with van der Waals surface area (Å²) >= 11 is 0. The summed E-state index contributed by atoms with van der Waals surface area (Å²) in [7, 11) is -1.39. The molecular weight excluding hydrogens is 347 g/mol. The van der Waals surface area contributed by atoms with E-state index in [4.69, 9.17) is 9.47 Å². The predicted octanol–water partition coefficient (Wildman–Crippen LogP) is 3.52. The Labute approximate surface area is 137 Å². The largest absolute Gasteiger partial charge is 0.497 e. The van der Waals surface area contributed by atoms with Crippen molar-refractivity contribution in [3.63, 3.8) is 0 Å². The fourth-order valence-corrected chi connectivity index (χ4v) is 3.18.